The monoisotopic (exact) mass is 370 g/mol. The molecule has 0 atom stereocenters. The largest absolute Gasteiger partial charge is 0.492 e. The Bertz CT molecular complexity index is 1060. The molecule has 1 heterocycles. The minimum absolute atomic E-state index is 0.152. The van der Waals surface area contributed by atoms with Gasteiger partial charge in [-0.15, -0.1) is 0 Å². The van der Waals surface area contributed by atoms with Crippen molar-refractivity contribution in [3.8, 4) is 17.1 Å². The lowest BCUT2D eigenvalue weighted by Crippen LogP contribution is -2.11. The summed E-state index contributed by atoms with van der Waals surface area (Å²) in [7, 11) is 0. The van der Waals surface area contributed by atoms with Gasteiger partial charge in [-0.2, -0.15) is 0 Å². The molecule has 4 aromatic rings. The van der Waals surface area contributed by atoms with E-state index in [0.717, 1.165) is 34.7 Å². The average Bonchev–Trinajstić information content (AvgIpc) is 3.07. The second-order valence-electron chi connectivity index (χ2n) is 8.06. The van der Waals surface area contributed by atoms with Gasteiger partial charge < -0.3 is 9.30 Å². The lowest BCUT2D eigenvalue weighted by atomic mass is 9.87. The highest BCUT2D eigenvalue weighted by atomic mass is 16.5. The third kappa shape index (κ3) is 3.79. The first-order chi connectivity index (χ1) is 13.5. The number of rotatable bonds is 5. The molecular formula is C25H26N2O. The Kier molecular flexibility index (Phi) is 4.91. The molecule has 142 valence electrons. The zero-order valence-corrected chi connectivity index (χ0v) is 16.7. The molecule has 0 spiro atoms. The number of hydrogen-bond donors (Lipinski definition) is 0. The first-order valence-corrected chi connectivity index (χ1v) is 9.76. The van der Waals surface area contributed by atoms with Crippen molar-refractivity contribution in [3.63, 3.8) is 0 Å². The second kappa shape index (κ2) is 7.51. The van der Waals surface area contributed by atoms with Gasteiger partial charge in [-0.1, -0.05) is 75.4 Å². The number of benzene rings is 3. The van der Waals surface area contributed by atoms with E-state index in [4.69, 9.17) is 9.72 Å². The molecule has 4 rings (SSSR count). The molecule has 28 heavy (non-hydrogen) atoms. The van der Waals surface area contributed by atoms with E-state index in [2.05, 4.69) is 79.9 Å². The van der Waals surface area contributed by atoms with Crippen molar-refractivity contribution in [2.24, 2.45) is 0 Å². The molecule has 3 nitrogen and oxygen atoms in total. The highest BCUT2D eigenvalue weighted by Crippen LogP contribution is 2.26. The molecule has 0 aliphatic heterocycles. The lowest BCUT2D eigenvalue weighted by molar-refractivity contribution is 0.300. The van der Waals surface area contributed by atoms with Crippen molar-refractivity contribution < 1.29 is 4.74 Å². The van der Waals surface area contributed by atoms with E-state index in [-0.39, 0.29) is 5.41 Å². The number of fused-ring (bicyclic) bond motifs is 1. The summed E-state index contributed by atoms with van der Waals surface area (Å²) in [5.41, 5.74) is 4.72. The van der Waals surface area contributed by atoms with Gasteiger partial charge in [0.25, 0.3) is 0 Å². The Labute approximate surface area is 166 Å². The maximum absolute atomic E-state index is 6.04. The first-order valence-electron chi connectivity index (χ1n) is 9.76. The van der Waals surface area contributed by atoms with Crippen LogP contribution in [0.25, 0.3) is 22.4 Å². The molecule has 0 saturated heterocycles. The van der Waals surface area contributed by atoms with Crippen molar-refractivity contribution in [2.45, 2.75) is 32.7 Å². The van der Waals surface area contributed by atoms with E-state index < -0.39 is 0 Å². The SMILES string of the molecule is CC(C)(C)c1ccc(OCCn2c(-c3ccccc3)nc3ccccc32)cc1. The molecule has 0 fully saturated rings. The van der Waals surface area contributed by atoms with Crippen LogP contribution in [0.3, 0.4) is 0 Å². The van der Waals surface area contributed by atoms with Crippen molar-refractivity contribution in [1.29, 1.82) is 0 Å². The van der Waals surface area contributed by atoms with Crippen molar-refractivity contribution >= 4 is 11.0 Å². The van der Waals surface area contributed by atoms with Crippen LogP contribution in [0.5, 0.6) is 5.75 Å². The van der Waals surface area contributed by atoms with E-state index in [0.29, 0.717) is 6.61 Å². The van der Waals surface area contributed by atoms with Crippen molar-refractivity contribution in [2.75, 3.05) is 6.61 Å². The molecular weight excluding hydrogens is 344 g/mol. The highest BCUT2D eigenvalue weighted by molar-refractivity contribution is 5.80. The van der Waals surface area contributed by atoms with Crippen LogP contribution in [0.2, 0.25) is 0 Å². The summed E-state index contributed by atoms with van der Waals surface area (Å²) in [5.74, 6) is 1.88. The van der Waals surface area contributed by atoms with E-state index in [1.54, 1.807) is 0 Å². The van der Waals surface area contributed by atoms with Crippen LogP contribution in [-0.2, 0) is 12.0 Å². The van der Waals surface area contributed by atoms with Crippen molar-refractivity contribution in [1.82, 2.24) is 9.55 Å². The molecule has 1 aromatic heterocycles. The second-order valence-corrected chi connectivity index (χ2v) is 8.06. The number of para-hydroxylation sites is 2. The lowest BCUT2D eigenvalue weighted by Gasteiger charge is -2.19. The number of hydrogen-bond acceptors (Lipinski definition) is 2. The molecule has 0 bridgehead atoms. The molecule has 0 aliphatic carbocycles. The number of ether oxygens (including phenoxy) is 1. The standard InChI is InChI=1S/C25H26N2O/c1-25(2,3)20-13-15-21(16-14-20)28-18-17-27-23-12-8-7-11-22(23)26-24(27)19-9-5-4-6-10-19/h4-16H,17-18H2,1-3H3. The van der Waals surface area contributed by atoms with Gasteiger partial charge in [0.1, 0.15) is 18.2 Å². The number of imidazole rings is 1. The Morgan fingerprint density at radius 1 is 0.821 bits per heavy atom. The topological polar surface area (TPSA) is 27.1 Å². The zero-order valence-electron chi connectivity index (χ0n) is 16.7. The van der Waals surface area contributed by atoms with E-state index in [9.17, 15) is 0 Å². The van der Waals surface area contributed by atoms with Gasteiger partial charge in [-0.25, -0.2) is 4.98 Å². The summed E-state index contributed by atoms with van der Waals surface area (Å²) in [6.07, 6.45) is 0. The molecule has 0 saturated carbocycles. The predicted octanol–water partition coefficient (Wildman–Crippen LogP) is 6.08. The van der Waals surface area contributed by atoms with Crippen LogP contribution in [0.15, 0.2) is 78.9 Å². The zero-order chi connectivity index (χ0) is 19.6. The minimum atomic E-state index is 0.152. The molecule has 0 radical (unpaired) electrons. The highest BCUT2D eigenvalue weighted by Gasteiger charge is 2.14. The normalized spacial score (nSPS) is 11.7. The van der Waals surface area contributed by atoms with Gasteiger partial charge in [0.05, 0.1) is 17.6 Å². The van der Waals surface area contributed by atoms with Crippen LogP contribution in [0, 0.1) is 0 Å². The molecule has 0 N–H and O–H groups in total. The Morgan fingerprint density at radius 3 is 2.21 bits per heavy atom. The van der Waals surface area contributed by atoms with Crippen molar-refractivity contribution in [3.05, 3.63) is 84.4 Å². The van der Waals surface area contributed by atoms with E-state index in [1.165, 1.54) is 5.56 Å². The van der Waals surface area contributed by atoms with Crippen LogP contribution >= 0.6 is 0 Å². The van der Waals surface area contributed by atoms with Gasteiger partial charge in [0, 0.05) is 5.56 Å². The summed E-state index contributed by atoms with van der Waals surface area (Å²) in [6.45, 7) is 8.00. The van der Waals surface area contributed by atoms with E-state index in [1.807, 2.05) is 24.3 Å². The van der Waals surface area contributed by atoms with Gasteiger partial charge in [0.15, 0.2) is 0 Å². The summed E-state index contributed by atoms with van der Waals surface area (Å²) in [4.78, 5) is 4.85. The van der Waals surface area contributed by atoms with Crippen LogP contribution in [0.4, 0.5) is 0 Å². The van der Waals surface area contributed by atoms with Crippen LogP contribution in [-0.4, -0.2) is 16.2 Å². The molecule has 0 aliphatic rings. The number of nitrogens with zero attached hydrogens (tertiary/aromatic N) is 2. The fraction of sp³-hybridized carbons (Fsp3) is 0.240. The third-order valence-corrected chi connectivity index (χ3v) is 4.99. The average molecular weight is 370 g/mol. The Balaban J connectivity index is 1.55. The molecule has 0 unspecified atom stereocenters. The minimum Gasteiger partial charge on any atom is -0.492 e. The fourth-order valence-electron chi connectivity index (χ4n) is 3.42. The fourth-order valence-corrected chi connectivity index (χ4v) is 3.42. The maximum Gasteiger partial charge on any atom is 0.141 e. The molecule has 0 amide bonds. The van der Waals surface area contributed by atoms with Gasteiger partial charge in [-0.05, 0) is 35.2 Å². The molecule has 3 heteroatoms. The van der Waals surface area contributed by atoms with E-state index >= 15 is 0 Å². The van der Waals surface area contributed by atoms with Crippen LogP contribution in [0.1, 0.15) is 26.3 Å². The third-order valence-electron chi connectivity index (χ3n) is 4.99. The predicted molar refractivity (Wildman–Crippen MR) is 116 cm³/mol. The maximum atomic E-state index is 6.04. The summed E-state index contributed by atoms with van der Waals surface area (Å²) < 4.78 is 8.28. The summed E-state index contributed by atoms with van der Waals surface area (Å²) in [6, 6.07) is 27.0. The Morgan fingerprint density at radius 2 is 1.50 bits per heavy atom. The quantitative estimate of drug-likeness (QED) is 0.426. The van der Waals surface area contributed by atoms with Crippen LogP contribution < -0.4 is 4.74 Å². The van der Waals surface area contributed by atoms with Gasteiger partial charge in [0.2, 0.25) is 0 Å². The smallest absolute Gasteiger partial charge is 0.141 e. The van der Waals surface area contributed by atoms with Gasteiger partial charge in [-0.3, -0.25) is 0 Å². The molecule has 3 aromatic carbocycles. The first kappa shape index (κ1) is 18.3. The summed E-state index contributed by atoms with van der Waals surface area (Å²) >= 11 is 0. The van der Waals surface area contributed by atoms with Gasteiger partial charge >= 0.3 is 0 Å². The Hall–Kier alpha value is -3.07. The number of aromatic nitrogens is 2. The summed E-state index contributed by atoms with van der Waals surface area (Å²) in [5, 5.41) is 0.